The Hall–Kier alpha value is -1.68. The highest BCUT2D eigenvalue weighted by atomic mass is 32.2. The van der Waals surface area contributed by atoms with Gasteiger partial charge in [-0.15, -0.1) is 0 Å². The third-order valence-electron chi connectivity index (χ3n) is 2.31. The van der Waals surface area contributed by atoms with Crippen LogP contribution < -0.4 is 5.32 Å². The Labute approximate surface area is 104 Å². The van der Waals surface area contributed by atoms with Crippen LogP contribution >= 0.6 is 11.8 Å². The van der Waals surface area contributed by atoms with Crippen molar-refractivity contribution in [1.82, 2.24) is 0 Å². The predicted octanol–water partition coefficient (Wildman–Crippen LogP) is 3.39. The molecule has 4 heteroatoms. The van der Waals surface area contributed by atoms with E-state index in [1.807, 2.05) is 30.5 Å². The lowest BCUT2D eigenvalue weighted by atomic mass is 10.2. The summed E-state index contributed by atoms with van der Waals surface area (Å²) < 4.78 is 5.05. The number of thioether (sulfide) groups is 1. The zero-order chi connectivity index (χ0) is 12.1. The Balaban J connectivity index is 2.15. The maximum absolute atomic E-state index is 11.8. The number of hydrogen-bond acceptors (Lipinski definition) is 3. The van der Waals surface area contributed by atoms with Crippen LogP contribution in [0.2, 0.25) is 0 Å². The van der Waals surface area contributed by atoms with E-state index in [4.69, 9.17) is 4.42 Å². The van der Waals surface area contributed by atoms with Crippen molar-refractivity contribution in [2.24, 2.45) is 0 Å². The number of benzene rings is 1. The zero-order valence-electron chi connectivity index (χ0n) is 9.47. The lowest BCUT2D eigenvalue weighted by molar-refractivity contribution is 0.0996. The van der Waals surface area contributed by atoms with Gasteiger partial charge in [0, 0.05) is 11.4 Å². The van der Waals surface area contributed by atoms with Crippen LogP contribution in [0.1, 0.15) is 16.1 Å². The largest absolute Gasteiger partial charge is 0.459 e. The van der Waals surface area contributed by atoms with Crippen molar-refractivity contribution in [2.75, 3.05) is 11.6 Å². The SMILES string of the molecule is CSCc1ccccc1NC(=O)c1ccco1. The van der Waals surface area contributed by atoms with E-state index in [2.05, 4.69) is 5.32 Å². The predicted molar refractivity (Wildman–Crippen MR) is 70.3 cm³/mol. The van der Waals surface area contributed by atoms with E-state index in [1.54, 1.807) is 23.9 Å². The van der Waals surface area contributed by atoms with Gasteiger partial charge in [-0.3, -0.25) is 4.79 Å². The molecule has 2 rings (SSSR count). The number of carbonyl (C=O) groups is 1. The first kappa shape index (κ1) is 11.8. The van der Waals surface area contributed by atoms with Gasteiger partial charge in [-0.25, -0.2) is 0 Å². The second-order valence-corrected chi connectivity index (χ2v) is 4.39. The van der Waals surface area contributed by atoms with E-state index >= 15 is 0 Å². The maximum Gasteiger partial charge on any atom is 0.291 e. The molecular weight excluding hydrogens is 234 g/mol. The monoisotopic (exact) mass is 247 g/mol. The van der Waals surface area contributed by atoms with Crippen molar-refractivity contribution in [2.45, 2.75) is 5.75 Å². The quantitative estimate of drug-likeness (QED) is 0.900. The molecule has 0 spiro atoms. The minimum Gasteiger partial charge on any atom is -0.459 e. The van der Waals surface area contributed by atoms with E-state index in [-0.39, 0.29) is 5.91 Å². The number of nitrogens with one attached hydrogen (secondary N) is 1. The van der Waals surface area contributed by atoms with Crippen LogP contribution in [0, 0.1) is 0 Å². The third-order valence-corrected chi connectivity index (χ3v) is 2.91. The number of hydrogen-bond donors (Lipinski definition) is 1. The average molecular weight is 247 g/mol. The second-order valence-electron chi connectivity index (χ2n) is 3.52. The molecule has 0 aliphatic carbocycles. The maximum atomic E-state index is 11.8. The highest BCUT2D eigenvalue weighted by molar-refractivity contribution is 7.97. The Morgan fingerprint density at radius 1 is 1.29 bits per heavy atom. The number of rotatable bonds is 4. The summed E-state index contributed by atoms with van der Waals surface area (Å²) in [5.74, 6) is 0.974. The number of anilines is 1. The molecule has 0 fully saturated rings. The van der Waals surface area contributed by atoms with Crippen molar-refractivity contribution in [3.8, 4) is 0 Å². The van der Waals surface area contributed by atoms with Gasteiger partial charge in [0.2, 0.25) is 0 Å². The third kappa shape index (κ3) is 2.91. The molecule has 1 amide bonds. The minimum absolute atomic E-state index is 0.219. The molecule has 0 unspecified atom stereocenters. The van der Waals surface area contributed by atoms with Gasteiger partial charge in [0.15, 0.2) is 5.76 Å². The van der Waals surface area contributed by atoms with Crippen LogP contribution in [0.25, 0.3) is 0 Å². The van der Waals surface area contributed by atoms with E-state index in [0.29, 0.717) is 5.76 Å². The summed E-state index contributed by atoms with van der Waals surface area (Å²) in [5, 5.41) is 2.85. The van der Waals surface area contributed by atoms with Gasteiger partial charge in [-0.1, -0.05) is 18.2 Å². The van der Waals surface area contributed by atoms with Crippen molar-refractivity contribution in [1.29, 1.82) is 0 Å². The topological polar surface area (TPSA) is 42.2 Å². The summed E-state index contributed by atoms with van der Waals surface area (Å²) >= 11 is 1.72. The first-order chi connectivity index (χ1) is 8.31. The van der Waals surface area contributed by atoms with E-state index < -0.39 is 0 Å². The normalized spacial score (nSPS) is 10.2. The molecule has 0 saturated carbocycles. The molecule has 1 aromatic carbocycles. The molecule has 0 aliphatic rings. The first-order valence-electron chi connectivity index (χ1n) is 5.23. The first-order valence-corrected chi connectivity index (χ1v) is 6.62. The molecule has 3 nitrogen and oxygen atoms in total. The molecule has 1 aromatic heterocycles. The fourth-order valence-corrected chi connectivity index (χ4v) is 2.08. The average Bonchev–Trinajstić information content (AvgIpc) is 2.85. The van der Waals surface area contributed by atoms with E-state index in [0.717, 1.165) is 17.0 Å². The number of para-hydroxylation sites is 1. The van der Waals surface area contributed by atoms with Gasteiger partial charge in [0.1, 0.15) is 0 Å². The van der Waals surface area contributed by atoms with Crippen LogP contribution in [0.5, 0.6) is 0 Å². The Morgan fingerprint density at radius 2 is 2.12 bits per heavy atom. The summed E-state index contributed by atoms with van der Waals surface area (Å²) in [6.45, 7) is 0. The zero-order valence-corrected chi connectivity index (χ0v) is 10.3. The number of carbonyl (C=O) groups excluding carboxylic acids is 1. The Kier molecular flexibility index (Phi) is 3.88. The van der Waals surface area contributed by atoms with Gasteiger partial charge in [-0.05, 0) is 30.0 Å². The molecule has 0 radical (unpaired) electrons. The minimum atomic E-state index is -0.219. The standard InChI is InChI=1S/C13H13NO2S/c1-17-9-10-5-2-3-6-11(10)14-13(15)12-7-4-8-16-12/h2-8H,9H2,1H3,(H,14,15). The molecule has 88 valence electrons. The molecule has 0 aliphatic heterocycles. The number of amides is 1. The lowest BCUT2D eigenvalue weighted by Gasteiger charge is -2.08. The van der Waals surface area contributed by atoms with Crippen molar-refractivity contribution >= 4 is 23.4 Å². The summed E-state index contributed by atoms with van der Waals surface area (Å²) in [6, 6.07) is 11.1. The molecule has 0 saturated heterocycles. The summed E-state index contributed by atoms with van der Waals surface area (Å²) in [6.07, 6.45) is 3.52. The molecule has 0 bridgehead atoms. The second kappa shape index (κ2) is 5.59. The van der Waals surface area contributed by atoms with Crippen molar-refractivity contribution < 1.29 is 9.21 Å². The smallest absolute Gasteiger partial charge is 0.291 e. The van der Waals surface area contributed by atoms with Gasteiger partial charge in [-0.2, -0.15) is 11.8 Å². The van der Waals surface area contributed by atoms with Gasteiger partial charge < -0.3 is 9.73 Å². The highest BCUT2D eigenvalue weighted by Crippen LogP contribution is 2.20. The van der Waals surface area contributed by atoms with Crippen LogP contribution in [0.3, 0.4) is 0 Å². The summed E-state index contributed by atoms with van der Waals surface area (Å²) in [7, 11) is 0. The van der Waals surface area contributed by atoms with Gasteiger partial charge >= 0.3 is 0 Å². The van der Waals surface area contributed by atoms with Crippen LogP contribution in [-0.2, 0) is 5.75 Å². The fourth-order valence-electron chi connectivity index (χ4n) is 1.52. The van der Waals surface area contributed by atoms with Crippen LogP contribution in [0.15, 0.2) is 47.1 Å². The highest BCUT2D eigenvalue weighted by Gasteiger charge is 2.10. The summed E-state index contributed by atoms with van der Waals surface area (Å²) in [4.78, 5) is 11.8. The Bertz CT molecular complexity index is 494. The van der Waals surface area contributed by atoms with E-state index in [1.165, 1.54) is 6.26 Å². The van der Waals surface area contributed by atoms with E-state index in [9.17, 15) is 4.79 Å². The van der Waals surface area contributed by atoms with Crippen LogP contribution in [0.4, 0.5) is 5.69 Å². The molecule has 1 heterocycles. The molecule has 2 aromatic rings. The fraction of sp³-hybridized carbons (Fsp3) is 0.154. The molecule has 17 heavy (non-hydrogen) atoms. The van der Waals surface area contributed by atoms with Crippen LogP contribution in [-0.4, -0.2) is 12.2 Å². The molecule has 0 atom stereocenters. The molecule has 1 N–H and O–H groups in total. The molecular formula is C13H13NO2S. The lowest BCUT2D eigenvalue weighted by Crippen LogP contribution is -2.12. The number of furan rings is 1. The van der Waals surface area contributed by atoms with Crippen molar-refractivity contribution in [3.05, 3.63) is 54.0 Å². The van der Waals surface area contributed by atoms with Gasteiger partial charge in [0.25, 0.3) is 5.91 Å². The Morgan fingerprint density at radius 3 is 2.82 bits per heavy atom. The summed E-state index contributed by atoms with van der Waals surface area (Å²) in [5.41, 5.74) is 1.95. The van der Waals surface area contributed by atoms with Gasteiger partial charge in [0.05, 0.1) is 6.26 Å². The van der Waals surface area contributed by atoms with Crippen molar-refractivity contribution in [3.63, 3.8) is 0 Å².